The zero-order chi connectivity index (χ0) is 14.5. The van der Waals surface area contributed by atoms with E-state index in [2.05, 4.69) is 10.4 Å². The molecule has 0 aliphatic heterocycles. The zero-order valence-corrected chi connectivity index (χ0v) is 12.1. The molecule has 1 aromatic carbocycles. The van der Waals surface area contributed by atoms with Crippen LogP contribution in [0.1, 0.15) is 23.9 Å². The van der Waals surface area contributed by atoms with E-state index in [0.717, 1.165) is 23.5 Å². The number of rotatable bonds is 6. The highest BCUT2D eigenvalue weighted by Crippen LogP contribution is 2.20. The Bertz CT molecular complexity index is 580. The summed E-state index contributed by atoms with van der Waals surface area (Å²) in [5, 5.41) is 7.32. The zero-order valence-electron chi connectivity index (χ0n) is 12.1. The van der Waals surface area contributed by atoms with Crippen LogP contribution in [-0.4, -0.2) is 16.8 Å². The number of hydrogen-bond donors (Lipinski definition) is 1. The summed E-state index contributed by atoms with van der Waals surface area (Å²) >= 11 is 0. The summed E-state index contributed by atoms with van der Waals surface area (Å²) < 4.78 is 21.3. The second kappa shape index (κ2) is 6.52. The number of nitrogens with one attached hydrogen (secondary N) is 1. The molecular formula is C15H20FN3O. The van der Waals surface area contributed by atoms with E-state index in [-0.39, 0.29) is 11.6 Å². The topological polar surface area (TPSA) is 39.1 Å². The van der Waals surface area contributed by atoms with Gasteiger partial charge in [-0.2, -0.15) is 5.10 Å². The van der Waals surface area contributed by atoms with Crippen molar-refractivity contribution in [3.8, 4) is 5.75 Å². The van der Waals surface area contributed by atoms with Crippen LogP contribution in [-0.2, 0) is 19.7 Å². The molecule has 0 atom stereocenters. The minimum atomic E-state index is -0.336. The Morgan fingerprint density at radius 3 is 2.80 bits per heavy atom. The second-order valence-electron chi connectivity index (χ2n) is 4.68. The molecule has 1 heterocycles. The van der Waals surface area contributed by atoms with Crippen molar-refractivity contribution in [1.82, 2.24) is 15.1 Å². The quantitative estimate of drug-likeness (QED) is 0.882. The van der Waals surface area contributed by atoms with Gasteiger partial charge in [-0.25, -0.2) is 4.39 Å². The standard InChI is InChI=1S/C15H20FN3O/c1-4-19-13(7-11(2)18-19)10-20-15-6-5-12(9-17-3)8-14(15)16/h5-8,17H,4,9-10H2,1-3H3. The number of halogens is 1. The largest absolute Gasteiger partial charge is 0.484 e. The summed E-state index contributed by atoms with van der Waals surface area (Å²) in [6.07, 6.45) is 0. The van der Waals surface area contributed by atoms with Gasteiger partial charge in [-0.3, -0.25) is 4.68 Å². The molecule has 108 valence electrons. The minimum absolute atomic E-state index is 0.270. The van der Waals surface area contributed by atoms with Crippen LogP contribution < -0.4 is 10.1 Å². The monoisotopic (exact) mass is 277 g/mol. The Hall–Kier alpha value is -1.88. The first-order valence-electron chi connectivity index (χ1n) is 6.73. The summed E-state index contributed by atoms with van der Waals surface area (Å²) in [4.78, 5) is 0. The van der Waals surface area contributed by atoms with Gasteiger partial charge >= 0.3 is 0 Å². The van der Waals surface area contributed by atoms with Gasteiger partial charge in [0.1, 0.15) is 6.61 Å². The number of aryl methyl sites for hydroxylation is 2. The SMILES string of the molecule is CCn1nc(C)cc1COc1ccc(CNC)cc1F. The molecule has 0 spiro atoms. The Labute approximate surface area is 118 Å². The molecule has 0 aliphatic rings. The number of aromatic nitrogens is 2. The smallest absolute Gasteiger partial charge is 0.165 e. The van der Waals surface area contributed by atoms with Gasteiger partial charge in [0, 0.05) is 13.1 Å². The van der Waals surface area contributed by atoms with Crippen molar-refractivity contribution in [3.05, 3.63) is 47.0 Å². The Morgan fingerprint density at radius 1 is 1.35 bits per heavy atom. The average Bonchev–Trinajstić information content (AvgIpc) is 2.78. The van der Waals surface area contributed by atoms with Crippen LogP contribution in [0.15, 0.2) is 24.3 Å². The highest BCUT2D eigenvalue weighted by molar-refractivity contribution is 5.29. The first-order valence-corrected chi connectivity index (χ1v) is 6.73. The lowest BCUT2D eigenvalue weighted by Crippen LogP contribution is -2.08. The lowest BCUT2D eigenvalue weighted by molar-refractivity contribution is 0.278. The van der Waals surface area contributed by atoms with Crippen LogP contribution >= 0.6 is 0 Å². The van der Waals surface area contributed by atoms with E-state index in [9.17, 15) is 4.39 Å². The predicted octanol–water partition coefficient (Wildman–Crippen LogP) is 2.65. The maximum absolute atomic E-state index is 13.9. The van der Waals surface area contributed by atoms with Crippen molar-refractivity contribution in [1.29, 1.82) is 0 Å². The third-order valence-corrected chi connectivity index (χ3v) is 3.04. The van der Waals surface area contributed by atoms with E-state index in [1.807, 2.05) is 37.7 Å². The fraction of sp³-hybridized carbons (Fsp3) is 0.400. The number of ether oxygens (including phenoxy) is 1. The van der Waals surface area contributed by atoms with Gasteiger partial charge in [0.25, 0.3) is 0 Å². The molecule has 0 amide bonds. The van der Waals surface area contributed by atoms with E-state index < -0.39 is 0 Å². The number of benzene rings is 1. The van der Waals surface area contributed by atoms with E-state index in [1.54, 1.807) is 6.07 Å². The summed E-state index contributed by atoms with van der Waals surface area (Å²) in [6.45, 7) is 5.68. The number of hydrogen-bond acceptors (Lipinski definition) is 3. The molecule has 0 saturated heterocycles. The fourth-order valence-corrected chi connectivity index (χ4v) is 2.12. The molecule has 4 nitrogen and oxygen atoms in total. The van der Waals surface area contributed by atoms with Crippen LogP contribution in [0.3, 0.4) is 0 Å². The van der Waals surface area contributed by atoms with Crippen LogP contribution in [0.5, 0.6) is 5.75 Å². The van der Waals surface area contributed by atoms with Crippen molar-refractivity contribution in [2.75, 3.05) is 7.05 Å². The van der Waals surface area contributed by atoms with Crippen LogP contribution in [0.2, 0.25) is 0 Å². The average molecular weight is 277 g/mol. The second-order valence-corrected chi connectivity index (χ2v) is 4.68. The lowest BCUT2D eigenvalue weighted by atomic mass is 10.2. The summed E-state index contributed by atoms with van der Waals surface area (Å²) in [5.41, 5.74) is 2.78. The van der Waals surface area contributed by atoms with Crippen molar-refractivity contribution in [2.45, 2.75) is 33.5 Å². The molecule has 1 aromatic heterocycles. The van der Waals surface area contributed by atoms with Crippen molar-refractivity contribution >= 4 is 0 Å². The molecule has 0 radical (unpaired) electrons. The van der Waals surface area contributed by atoms with Crippen LogP contribution in [0.4, 0.5) is 4.39 Å². The maximum atomic E-state index is 13.9. The highest BCUT2D eigenvalue weighted by atomic mass is 19.1. The molecule has 2 rings (SSSR count). The van der Waals surface area contributed by atoms with Gasteiger partial charge in [0.2, 0.25) is 0 Å². The normalized spacial score (nSPS) is 10.8. The van der Waals surface area contributed by atoms with Gasteiger partial charge < -0.3 is 10.1 Å². The fourth-order valence-electron chi connectivity index (χ4n) is 2.12. The molecule has 0 bridgehead atoms. The van der Waals surface area contributed by atoms with E-state index >= 15 is 0 Å². The van der Waals surface area contributed by atoms with E-state index in [1.165, 1.54) is 6.07 Å². The Morgan fingerprint density at radius 2 is 2.15 bits per heavy atom. The summed E-state index contributed by atoms with van der Waals surface area (Å²) in [6, 6.07) is 6.98. The highest BCUT2D eigenvalue weighted by Gasteiger charge is 2.08. The van der Waals surface area contributed by atoms with Crippen LogP contribution in [0, 0.1) is 12.7 Å². The molecule has 0 fully saturated rings. The Kier molecular flexibility index (Phi) is 4.74. The van der Waals surface area contributed by atoms with Gasteiger partial charge in [-0.05, 0) is 44.7 Å². The van der Waals surface area contributed by atoms with Crippen molar-refractivity contribution < 1.29 is 9.13 Å². The molecule has 1 N–H and O–H groups in total. The van der Waals surface area contributed by atoms with Crippen LogP contribution in [0.25, 0.3) is 0 Å². The first-order chi connectivity index (χ1) is 9.63. The van der Waals surface area contributed by atoms with E-state index in [0.29, 0.717) is 13.2 Å². The van der Waals surface area contributed by atoms with E-state index in [4.69, 9.17) is 4.74 Å². The van der Waals surface area contributed by atoms with Crippen molar-refractivity contribution in [3.63, 3.8) is 0 Å². The van der Waals surface area contributed by atoms with Gasteiger partial charge in [0.15, 0.2) is 11.6 Å². The predicted molar refractivity (Wildman–Crippen MR) is 76.1 cm³/mol. The summed E-state index contributed by atoms with van der Waals surface area (Å²) in [7, 11) is 1.83. The summed E-state index contributed by atoms with van der Waals surface area (Å²) in [5.74, 6) is -0.0663. The van der Waals surface area contributed by atoms with Gasteiger partial charge in [-0.15, -0.1) is 0 Å². The molecular weight excluding hydrogens is 257 g/mol. The number of nitrogens with zero attached hydrogens (tertiary/aromatic N) is 2. The minimum Gasteiger partial charge on any atom is -0.484 e. The maximum Gasteiger partial charge on any atom is 0.165 e. The van der Waals surface area contributed by atoms with Crippen molar-refractivity contribution in [2.24, 2.45) is 0 Å². The van der Waals surface area contributed by atoms with Gasteiger partial charge in [-0.1, -0.05) is 6.07 Å². The molecule has 2 aromatic rings. The third kappa shape index (κ3) is 3.36. The molecule has 0 unspecified atom stereocenters. The molecule has 0 aliphatic carbocycles. The molecule has 20 heavy (non-hydrogen) atoms. The van der Waals surface area contributed by atoms with Gasteiger partial charge in [0.05, 0.1) is 11.4 Å². The molecule has 5 heteroatoms. The Balaban J connectivity index is 2.06. The molecule has 0 saturated carbocycles. The third-order valence-electron chi connectivity index (χ3n) is 3.04. The lowest BCUT2D eigenvalue weighted by Gasteiger charge is -2.09. The first kappa shape index (κ1) is 14.5.